The number of carbonyl (C=O) groups excluding carboxylic acids is 1. The number of benzene rings is 2. The highest BCUT2D eigenvalue weighted by molar-refractivity contribution is 5.80. The number of rotatable bonds is 2. The Morgan fingerprint density at radius 2 is 1.32 bits per heavy atom. The topological polar surface area (TPSA) is 17.1 Å². The van der Waals surface area contributed by atoms with Crippen molar-refractivity contribution in [2.45, 2.75) is 52.4 Å². The van der Waals surface area contributed by atoms with Crippen LogP contribution < -0.4 is 0 Å². The lowest BCUT2D eigenvalue weighted by atomic mass is 9.82. The molecular formula is C21H26O. The van der Waals surface area contributed by atoms with Crippen LogP contribution in [0.2, 0.25) is 0 Å². The fourth-order valence-electron chi connectivity index (χ4n) is 2.48. The Labute approximate surface area is 134 Å². The maximum absolute atomic E-state index is 11.3. The molecule has 0 amide bonds. The molecule has 0 aromatic heterocycles. The van der Waals surface area contributed by atoms with E-state index in [1.807, 2.05) is 12.1 Å². The Kier molecular flexibility index (Phi) is 4.28. The van der Waals surface area contributed by atoms with Crippen molar-refractivity contribution in [3.05, 3.63) is 59.2 Å². The van der Waals surface area contributed by atoms with E-state index in [-0.39, 0.29) is 10.8 Å². The largest absolute Gasteiger partial charge is 0.298 e. The van der Waals surface area contributed by atoms with Gasteiger partial charge in [0.1, 0.15) is 6.29 Å². The molecule has 1 heteroatoms. The number of hydrogen-bond acceptors (Lipinski definition) is 1. The summed E-state index contributed by atoms with van der Waals surface area (Å²) in [4.78, 5) is 11.3. The van der Waals surface area contributed by atoms with Crippen LogP contribution in [0.1, 0.15) is 63.0 Å². The van der Waals surface area contributed by atoms with Crippen molar-refractivity contribution in [3.8, 4) is 11.1 Å². The normalized spacial score (nSPS) is 12.3. The highest BCUT2D eigenvalue weighted by atomic mass is 16.1. The summed E-state index contributed by atoms with van der Waals surface area (Å²) in [6.07, 6.45) is 0.937. The summed E-state index contributed by atoms with van der Waals surface area (Å²) in [7, 11) is 0. The molecular weight excluding hydrogens is 268 g/mol. The van der Waals surface area contributed by atoms with Gasteiger partial charge in [-0.25, -0.2) is 0 Å². The van der Waals surface area contributed by atoms with Crippen LogP contribution in [0.4, 0.5) is 0 Å². The lowest BCUT2D eigenvalue weighted by molar-refractivity contribution is 0.112. The van der Waals surface area contributed by atoms with E-state index in [0.29, 0.717) is 0 Å². The first-order valence-corrected chi connectivity index (χ1v) is 7.83. The molecule has 116 valence electrons. The van der Waals surface area contributed by atoms with Crippen LogP contribution in [0.15, 0.2) is 42.5 Å². The van der Waals surface area contributed by atoms with Gasteiger partial charge in [0.15, 0.2) is 0 Å². The molecule has 0 atom stereocenters. The molecule has 0 saturated heterocycles. The van der Waals surface area contributed by atoms with Gasteiger partial charge in [0, 0.05) is 5.56 Å². The number of carbonyl (C=O) groups is 1. The monoisotopic (exact) mass is 294 g/mol. The molecule has 0 spiro atoms. The zero-order valence-electron chi connectivity index (χ0n) is 14.5. The van der Waals surface area contributed by atoms with Crippen LogP contribution in [0, 0.1) is 0 Å². The van der Waals surface area contributed by atoms with Crippen LogP contribution in [0.5, 0.6) is 0 Å². The third kappa shape index (κ3) is 3.65. The summed E-state index contributed by atoms with van der Waals surface area (Å²) in [6.45, 7) is 13.2. The third-order valence-corrected chi connectivity index (χ3v) is 4.02. The van der Waals surface area contributed by atoms with Crippen LogP contribution in [0.3, 0.4) is 0 Å². The van der Waals surface area contributed by atoms with E-state index >= 15 is 0 Å². The van der Waals surface area contributed by atoms with Gasteiger partial charge in [0.05, 0.1) is 0 Å². The van der Waals surface area contributed by atoms with Crippen LogP contribution in [-0.2, 0) is 10.8 Å². The average molecular weight is 294 g/mol. The van der Waals surface area contributed by atoms with Gasteiger partial charge in [-0.15, -0.1) is 0 Å². The van der Waals surface area contributed by atoms with Crippen molar-refractivity contribution in [2.75, 3.05) is 0 Å². The molecule has 0 aliphatic carbocycles. The maximum Gasteiger partial charge on any atom is 0.150 e. The fraction of sp³-hybridized carbons (Fsp3) is 0.381. The number of hydrogen-bond donors (Lipinski definition) is 0. The van der Waals surface area contributed by atoms with E-state index in [4.69, 9.17) is 0 Å². The summed E-state index contributed by atoms with van der Waals surface area (Å²) >= 11 is 0. The lowest BCUT2D eigenvalue weighted by Crippen LogP contribution is -2.12. The minimum Gasteiger partial charge on any atom is -0.298 e. The van der Waals surface area contributed by atoms with E-state index in [1.54, 1.807) is 0 Å². The SMILES string of the molecule is CC(C)(C)c1cccc(-c2cc(C=O)cc(C(C)(C)C)c2)c1. The summed E-state index contributed by atoms with van der Waals surface area (Å²) in [5.41, 5.74) is 5.65. The molecule has 0 saturated carbocycles. The molecule has 2 rings (SSSR count). The van der Waals surface area contributed by atoms with Gasteiger partial charge in [-0.2, -0.15) is 0 Å². The van der Waals surface area contributed by atoms with Crippen molar-refractivity contribution >= 4 is 6.29 Å². The zero-order valence-corrected chi connectivity index (χ0v) is 14.5. The summed E-state index contributed by atoms with van der Waals surface area (Å²) in [5, 5.41) is 0. The molecule has 22 heavy (non-hydrogen) atoms. The second-order valence-electron chi connectivity index (χ2n) is 8.04. The average Bonchev–Trinajstić information content (AvgIpc) is 2.45. The van der Waals surface area contributed by atoms with E-state index in [9.17, 15) is 4.79 Å². The first-order chi connectivity index (χ1) is 10.1. The minimum atomic E-state index is 0.0232. The van der Waals surface area contributed by atoms with Crippen molar-refractivity contribution in [3.63, 3.8) is 0 Å². The molecule has 0 N–H and O–H groups in total. The molecule has 1 nitrogen and oxygen atoms in total. The summed E-state index contributed by atoms with van der Waals surface area (Å²) < 4.78 is 0. The third-order valence-electron chi connectivity index (χ3n) is 4.02. The molecule has 2 aromatic carbocycles. The van der Waals surface area contributed by atoms with Crippen LogP contribution in [-0.4, -0.2) is 6.29 Å². The van der Waals surface area contributed by atoms with E-state index in [0.717, 1.165) is 17.4 Å². The van der Waals surface area contributed by atoms with Gasteiger partial charge < -0.3 is 0 Å². The Morgan fingerprint density at radius 3 is 1.86 bits per heavy atom. The highest BCUT2D eigenvalue weighted by Gasteiger charge is 2.17. The van der Waals surface area contributed by atoms with Gasteiger partial charge in [-0.05, 0) is 45.2 Å². The predicted octanol–water partition coefficient (Wildman–Crippen LogP) is 5.76. The van der Waals surface area contributed by atoms with Crippen molar-refractivity contribution in [2.24, 2.45) is 0 Å². The Balaban J connectivity index is 2.60. The lowest BCUT2D eigenvalue weighted by Gasteiger charge is -2.22. The standard InChI is InChI=1S/C21H26O/c1-20(2,3)18-9-7-8-16(12-18)17-10-15(14-22)11-19(13-17)21(4,5)6/h7-14H,1-6H3. The van der Waals surface area contributed by atoms with Gasteiger partial charge >= 0.3 is 0 Å². The summed E-state index contributed by atoms with van der Waals surface area (Å²) in [6, 6.07) is 14.8. The Morgan fingerprint density at radius 1 is 0.727 bits per heavy atom. The highest BCUT2D eigenvalue weighted by Crippen LogP contribution is 2.31. The van der Waals surface area contributed by atoms with Gasteiger partial charge in [0.25, 0.3) is 0 Å². The molecule has 0 aliphatic rings. The predicted molar refractivity (Wildman–Crippen MR) is 94.7 cm³/mol. The second kappa shape index (κ2) is 5.72. The van der Waals surface area contributed by atoms with E-state index < -0.39 is 0 Å². The van der Waals surface area contributed by atoms with Crippen LogP contribution >= 0.6 is 0 Å². The molecule has 0 aliphatic heterocycles. The fourth-order valence-corrected chi connectivity index (χ4v) is 2.48. The van der Waals surface area contributed by atoms with E-state index in [1.165, 1.54) is 16.7 Å². The Hall–Kier alpha value is -1.89. The Bertz CT molecular complexity index is 682. The quantitative estimate of drug-likeness (QED) is 0.643. The van der Waals surface area contributed by atoms with Gasteiger partial charge in [0.2, 0.25) is 0 Å². The first-order valence-electron chi connectivity index (χ1n) is 7.83. The second-order valence-corrected chi connectivity index (χ2v) is 8.04. The molecule has 0 radical (unpaired) electrons. The molecule has 0 unspecified atom stereocenters. The summed E-state index contributed by atoms with van der Waals surface area (Å²) in [5.74, 6) is 0. The minimum absolute atomic E-state index is 0.0232. The molecule has 0 bridgehead atoms. The first kappa shape index (κ1) is 16.5. The molecule has 0 fully saturated rings. The van der Waals surface area contributed by atoms with Crippen molar-refractivity contribution < 1.29 is 4.79 Å². The van der Waals surface area contributed by atoms with Gasteiger partial charge in [-0.3, -0.25) is 4.79 Å². The molecule has 0 heterocycles. The van der Waals surface area contributed by atoms with Crippen molar-refractivity contribution in [1.82, 2.24) is 0 Å². The zero-order chi connectivity index (χ0) is 16.5. The molecule has 2 aromatic rings. The van der Waals surface area contributed by atoms with Crippen LogP contribution in [0.25, 0.3) is 11.1 Å². The maximum atomic E-state index is 11.3. The number of aldehydes is 1. The van der Waals surface area contributed by atoms with E-state index in [2.05, 4.69) is 71.9 Å². The van der Waals surface area contributed by atoms with Crippen molar-refractivity contribution in [1.29, 1.82) is 0 Å². The smallest absolute Gasteiger partial charge is 0.150 e. The van der Waals surface area contributed by atoms with Gasteiger partial charge in [-0.1, -0.05) is 71.9 Å².